The van der Waals surface area contributed by atoms with E-state index in [9.17, 15) is 4.79 Å². The van der Waals surface area contributed by atoms with Crippen molar-refractivity contribution in [2.45, 2.75) is 18.6 Å². The number of halogens is 3. The molecule has 2 rings (SSSR count). The molecule has 1 aromatic carbocycles. The van der Waals surface area contributed by atoms with Gasteiger partial charge in [0.25, 0.3) is 0 Å². The molecule has 0 aliphatic carbocycles. The molecule has 26 heavy (non-hydrogen) atoms. The number of nitrogens with zero attached hydrogens (tertiary/aromatic N) is 1. The molecule has 1 aliphatic rings. The Kier molecular flexibility index (Phi) is 13.2. The molecule has 0 spiro atoms. The minimum atomic E-state index is -0.257. The van der Waals surface area contributed by atoms with Gasteiger partial charge in [0.1, 0.15) is 0 Å². The molecule has 3 N–H and O–H groups in total. The number of methoxy groups -OCH3 is 1. The topological polar surface area (TPSA) is 76.8 Å². The highest BCUT2D eigenvalue weighted by atomic mass is 35.5. The van der Waals surface area contributed by atoms with Crippen LogP contribution in [0, 0.1) is 0 Å². The number of hydrogen-bond acceptors (Lipinski definition) is 5. The van der Waals surface area contributed by atoms with Crippen molar-refractivity contribution < 1.29 is 14.3 Å². The second kappa shape index (κ2) is 13.6. The van der Waals surface area contributed by atoms with E-state index in [1.807, 2.05) is 24.3 Å². The number of carbonyl (C=O) groups excluding carboxylic acids is 1. The molecular weight excluding hydrogens is 401 g/mol. The molecule has 2 atom stereocenters. The van der Waals surface area contributed by atoms with E-state index in [0.717, 1.165) is 18.7 Å². The third-order valence-electron chi connectivity index (χ3n) is 4.25. The smallest absolute Gasteiger partial charge is 0.222 e. The van der Waals surface area contributed by atoms with Crippen molar-refractivity contribution in [1.82, 2.24) is 10.2 Å². The van der Waals surface area contributed by atoms with E-state index in [2.05, 4.69) is 10.2 Å². The van der Waals surface area contributed by atoms with Crippen molar-refractivity contribution >= 4 is 42.3 Å². The lowest BCUT2D eigenvalue weighted by Gasteiger charge is -2.35. The van der Waals surface area contributed by atoms with Gasteiger partial charge in [0.05, 0.1) is 31.8 Å². The summed E-state index contributed by atoms with van der Waals surface area (Å²) in [5.74, 6) is -0.0717. The number of rotatable bonds is 8. The molecule has 0 aromatic heterocycles. The number of morpholine rings is 1. The Hall–Kier alpha value is -0.600. The standard InChI is InChI=1S/C17H26ClN3O3.2ClH/c1-23-13(11-19)10-17(22)20-12-16(21-6-8-24-9-7-21)14-4-2-3-5-15(14)18;;/h2-5,13,16H,6-12,19H2,1H3,(H,20,22);2*1H. The normalized spacial score (nSPS) is 16.7. The number of amides is 1. The summed E-state index contributed by atoms with van der Waals surface area (Å²) in [7, 11) is 1.56. The third-order valence-corrected chi connectivity index (χ3v) is 4.60. The summed E-state index contributed by atoms with van der Waals surface area (Å²) in [6.07, 6.45) is -0.00196. The molecular formula is C17H28Cl3N3O3. The van der Waals surface area contributed by atoms with Crippen molar-refractivity contribution in [3.8, 4) is 0 Å². The van der Waals surface area contributed by atoms with E-state index in [4.69, 9.17) is 26.8 Å². The Balaban J connectivity index is 0.00000312. The monoisotopic (exact) mass is 427 g/mol. The molecule has 150 valence electrons. The van der Waals surface area contributed by atoms with Gasteiger partial charge in [0, 0.05) is 38.3 Å². The summed E-state index contributed by atoms with van der Waals surface area (Å²) >= 11 is 6.38. The summed E-state index contributed by atoms with van der Waals surface area (Å²) in [4.78, 5) is 14.4. The predicted molar refractivity (Wildman–Crippen MR) is 109 cm³/mol. The maximum absolute atomic E-state index is 12.2. The lowest BCUT2D eigenvalue weighted by Crippen LogP contribution is -2.44. The average Bonchev–Trinajstić information content (AvgIpc) is 2.62. The molecule has 1 amide bonds. The molecule has 0 radical (unpaired) electrons. The number of nitrogens with one attached hydrogen (secondary N) is 1. The van der Waals surface area contributed by atoms with Crippen LogP contribution in [0.15, 0.2) is 24.3 Å². The van der Waals surface area contributed by atoms with Crippen LogP contribution in [0.25, 0.3) is 0 Å². The van der Waals surface area contributed by atoms with Gasteiger partial charge in [-0.25, -0.2) is 0 Å². The number of carbonyl (C=O) groups is 1. The van der Waals surface area contributed by atoms with Crippen molar-refractivity contribution in [1.29, 1.82) is 0 Å². The van der Waals surface area contributed by atoms with Gasteiger partial charge >= 0.3 is 0 Å². The van der Waals surface area contributed by atoms with Crippen LogP contribution in [0.4, 0.5) is 0 Å². The fourth-order valence-corrected chi connectivity index (χ4v) is 3.08. The molecule has 1 aromatic rings. The largest absolute Gasteiger partial charge is 0.380 e. The van der Waals surface area contributed by atoms with Crippen LogP contribution in [0.1, 0.15) is 18.0 Å². The maximum Gasteiger partial charge on any atom is 0.222 e. The molecule has 9 heteroatoms. The first kappa shape index (κ1) is 25.4. The average molecular weight is 429 g/mol. The highest BCUT2D eigenvalue weighted by Crippen LogP contribution is 2.27. The number of hydrogen-bond donors (Lipinski definition) is 2. The van der Waals surface area contributed by atoms with E-state index < -0.39 is 0 Å². The highest BCUT2D eigenvalue weighted by Gasteiger charge is 2.25. The molecule has 1 fully saturated rings. The summed E-state index contributed by atoms with van der Waals surface area (Å²) < 4.78 is 10.6. The zero-order valence-electron chi connectivity index (χ0n) is 14.9. The Bertz CT molecular complexity index is 527. The van der Waals surface area contributed by atoms with Crippen molar-refractivity contribution in [2.24, 2.45) is 5.73 Å². The van der Waals surface area contributed by atoms with Crippen molar-refractivity contribution in [2.75, 3.05) is 46.5 Å². The molecule has 1 heterocycles. The minimum absolute atomic E-state index is 0. The van der Waals surface area contributed by atoms with Gasteiger partial charge in [-0.15, -0.1) is 24.8 Å². The van der Waals surface area contributed by atoms with Crippen LogP contribution in [-0.2, 0) is 14.3 Å². The fourth-order valence-electron chi connectivity index (χ4n) is 2.82. The summed E-state index contributed by atoms with van der Waals surface area (Å²) in [6.45, 7) is 3.82. The third kappa shape index (κ3) is 7.56. The maximum atomic E-state index is 12.2. The van der Waals surface area contributed by atoms with Crippen LogP contribution in [-0.4, -0.2) is 63.4 Å². The minimum Gasteiger partial charge on any atom is -0.380 e. The summed E-state index contributed by atoms with van der Waals surface area (Å²) in [6, 6.07) is 7.77. The second-order valence-electron chi connectivity index (χ2n) is 5.79. The summed E-state index contributed by atoms with van der Waals surface area (Å²) in [5.41, 5.74) is 6.59. The summed E-state index contributed by atoms with van der Waals surface area (Å²) in [5, 5.41) is 3.70. The van der Waals surface area contributed by atoms with Gasteiger partial charge in [0.15, 0.2) is 0 Å². The van der Waals surface area contributed by atoms with E-state index in [1.165, 1.54) is 0 Å². The molecule has 0 bridgehead atoms. The van der Waals surface area contributed by atoms with Crippen molar-refractivity contribution in [3.05, 3.63) is 34.9 Å². The first-order valence-corrected chi connectivity index (χ1v) is 8.59. The Morgan fingerprint density at radius 3 is 2.58 bits per heavy atom. The number of benzene rings is 1. The van der Waals surface area contributed by atoms with Crippen molar-refractivity contribution in [3.63, 3.8) is 0 Å². The number of nitrogens with two attached hydrogens (primary N) is 1. The Morgan fingerprint density at radius 1 is 1.35 bits per heavy atom. The van der Waals surface area contributed by atoms with E-state index in [0.29, 0.717) is 31.3 Å². The van der Waals surface area contributed by atoms with Crippen LogP contribution < -0.4 is 11.1 Å². The van der Waals surface area contributed by atoms with Gasteiger partial charge in [-0.2, -0.15) is 0 Å². The van der Waals surface area contributed by atoms with Gasteiger partial charge in [-0.1, -0.05) is 29.8 Å². The first-order chi connectivity index (χ1) is 11.7. The van der Waals surface area contributed by atoms with Crippen LogP contribution >= 0.6 is 36.4 Å². The molecule has 6 nitrogen and oxygen atoms in total. The van der Waals surface area contributed by atoms with E-state index >= 15 is 0 Å². The fraction of sp³-hybridized carbons (Fsp3) is 0.588. The molecule has 1 aliphatic heterocycles. The van der Waals surface area contributed by atoms with Gasteiger partial charge < -0.3 is 20.5 Å². The van der Waals surface area contributed by atoms with Gasteiger partial charge in [-0.05, 0) is 11.6 Å². The van der Waals surface area contributed by atoms with Gasteiger partial charge in [-0.3, -0.25) is 9.69 Å². The highest BCUT2D eigenvalue weighted by molar-refractivity contribution is 6.31. The molecule has 1 saturated heterocycles. The molecule has 0 saturated carbocycles. The Morgan fingerprint density at radius 2 is 2.00 bits per heavy atom. The van der Waals surface area contributed by atoms with E-state index in [-0.39, 0.29) is 49.3 Å². The SMILES string of the molecule is COC(CN)CC(=O)NCC(c1ccccc1Cl)N1CCOCC1.Cl.Cl. The molecule has 2 unspecified atom stereocenters. The predicted octanol–water partition coefficient (Wildman–Crippen LogP) is 2.04. The lowest BCUT2D eigenvalue weighted by molar-refractivity contribution is -0.123. The number of ether oxygens (including phenoxy) is 2. The van der Waals surface area contributed by atoms with Crippen LogP contribution in [0.3, 0.4) is 0 Å². The Labute approximate surface area is 172 Å². The zero-order valence-corrected chi connectivity index (χ0v) is 17.2. The zero-order chi connectivity index (χ0) is 17.4. The van der Waals surface area contributed by atoms with E-state index in [1.54, 1.807) is 7.11 Å². The van der Waals surface area contributed by atoms with Gasteiger partial charge in [0.2, 0.25) is 5.91 Å². The van der Waals surface area contributed by atoms with Crippen LogP contribution in [0.2, 0.25) is 5.02 Å². The first-order valence-electron chi connectivity index (χ1n) is 8.21. The quantitative estimate of drug-likeness (QED) is 0.662. The second-order valence-corrected chi connectivity index (χ2v) is 6.19. The van der Waals surface area contributed by atoms with Crippen LogP contribution in [0.5, 0.6) is 0 Å². The lowest BCUT2D eigenvalue weighted by atomic mass is 10.0.